The Morgan fingerprint density at radius 1 is 1.21 bits per heavy atom. The highest BCUT2D eigenvalue weighted by molar-refractivity contribution is 7.80. The van der Waals surface area contributed by atoms with E-state index in [1.165, 1.54) is 38.8 Å². The summed E-state index contributed by atoms with van der Waals surface area (Å²) in [4.78, 5) is 3.15. The van der Waals surface area contributed by atoms with Crippen molar-refractivity contribution in [3.63, 3.8) is 0 Å². The van der Waals surface area contributed by atoms with Gasteiger partial charge in [-0.05, 0) is 25.9 Å². The molecule has 3 heteroatoms. The molecule has 82 valence electrons. The predicted octanol–water partition coefficient (Wildman–Crippen LogP) is 2.17. The van der Waals surface area contributed by atoms with Crippen LogP contribution in [0, 0.1) is 5.41 Å². The van der Waals surface area contributed by atoms with Gasteiger partial charge in [0.1, 0.15) is 0 Å². The number of nitrogens with two attached hydrogens (primary N) is 1. The molecule has 1 rings (SSSR count). The van der Waals surface area contributed by atoms with Crippen molar-refractivity contribution in [2.24, 2.45) is 11.1 Å². The maximum atomic E-state index is 5.73. The largest absolute Gasteiger partial charge is 0.393 e. The Morgan fingerprint density at radius 3 is 2.14 bits per heavy atom. The molecule has 1 aliphatic heterocycles. The molecule has 0 aromatic heterocycles. The third-order valence-corrected chi connectivity index (χ3v) is 3.54. The van der Waals surface area contributed by atoms with Crippen LogP contribution in [0.25, 0.3) is 0 Å². The van der Waals surface area contributed by atoms with Gasteiger partial charge in [0.25, 0.3) is 0 Å². The van der Waals surface area contributed by atoms with Crippen LogP contribution in [0.2, 0.25) is 0 Å². The van der Waals surface area contributed by atoms with Gasteiger partial charge in [-0.3, -0.25) is 0 Å². The van der Waals surface area contributed by atoms with E-state index in [2.05, 4.69) is 18.7 Å². The monoisotopic (exact) mass is 214 g/mol. The molecule has 0 saturated carbocycles. The lowest BCUT2D eigenvalue weighted by molar-refractivity contribution is 0.228. The summed E-state index contributed by atoms with van der Waals surface area (Å²) in [7, 11) is 0. The minimum absolute atomic E-state index is 0.0142. The first-order valence-corrected chi connectivity index (χ1v) is 5.95. The van der Waals surface area contributed by atoms with Gasteiger partial charge in [-0.2, -0.15) is 0 Å². The second kappa shape index (κ2) is 5.08. The average molecular weight is 214 g/mol. The summed E-state index contributed by atoms with van der Waals surface area (Å²) in [5.41, 5.74) is 5.72. The SMILES string of the molecule is CC(C)(CN1CCCCCC1)C(N)=S. The van der Waals surface area contributed by atoms with Crippen LogP contribution >= 0.6 is 12.2 Å². The van der Waals surface area contributed by atoms with Crippen LogP contribution in [0.4, 0.5) is 0 Å². The number of likely N-dealkylation sites (tertiary alicyclic amines) is 1. The van der Waals surface area contributed by atoms with Gasteiger partial charge >= 0.3 is 0 Å². The molecule has 1 fully saturated rings. The van der Waals surface area contributed by atoms with Crippen molar-refractivity contribution in [3.8, 4) is 0 Å². The first-order valence-electron chi connectivity index (χ1n) is 5.55. The van der Waals surface area contributed by atoms with E-state index in [1.807, 2.05) is 0 Å². The third kappa shape index (κ3) is 3.54. The van der Waals surface area contributed by atoms with Gasteiger partial charge < -0.3 is 10.6 Å². The zero-order chi connectivity index (χ0) is 10.6. The quantitative estimate of drug-likeness (QED) is 0.730. The Bertz CT molecular complexity index is 193. The molecule has 0 radical (unpaired) electrons. The molecule has 0 unspecified atom stereocenters. The van der Waals surface area contributed by atoms with Crippen molar-refractivity contribution in [2.45, 2.75) is 39.5 Å². The van der Waals surface area contributed by atoms with E-state index in [-0.39, 0.29) is 5.41 Å². The van der Waals surface area contributed by atoms with E-state index in [0.29, 0.717) is 4.99 Å². The summed E-state index contributed by atoms with van der Waals surface area (Å²) < 4.78 is 0. The van der Waals surface area contributed by atoms with Gasteiger partial charge in [-0.25, -0.2) is 0 Å². The molecule has 14 heavy (non-hydrogen) atoms. The topological polar surface area (TPSA) is 29.3 Å². The van der Waals surface area contributed by atoms with Crippen molar-refractivity contribution in [3.05, 3.63) is 0 Å². The molecule has 0 aromatic carbocycles. The van der Waals surface area contributed by atoms with Crippen LogP contribution < -0.4 is 5.73 Å². The first-order chi connectivity index (χ1) is 6.52. The Balaban J connectivity index is 2.45. The minimum Gasteiger partial charge on any atom is -0.393 e. The smallest absolute Gasteiger partial charge is 0.0797 e. The van der Waals surface area contributed by atoms with Crippen LogP contribution in [0.15, 0.2) is 0 Å². The zero-order valence-electron chi connectivity index (χ0n) is 9.38. The highest BCUT2D eigenvalue weighted by Gasteiger charge is 2.24. The summed E-state index contributed by atoms with van der Waals surface area (Å²) >= 11 is 5.09. The van der Waals surface area contributed by atoms with Crippen LogP contribution in [-0.2, 0) is 0 Å². The minimum atomic E-state index is -0.0142. The Morgan fingerprint density at radius 2 is 1.71 bits per heavy atom. The molecule has 0 bridgehead atoms. The molecule has 0 atom stereocenters. The van der Waals surface area contributed by atoms with Gasteiger partial charge in [0.2, 0.25) is 0 Å². The van der Waals surface area contributed by atoms with E-state index < -0.39 is 0 Å². The molecule has 0 spiro atoms. The van der Waals surface area contributed by atoms with Crippen LogP contribution in [0.3, 0.4) is 0 Å². The zero-order valence-corrected chi connectivity index (χ0v) is 10.2. The summed E-state index contributed by atoms with van der Waals surface area (Å²) in [6, 6.07) is 0. The van der Waals surface area contributed by atoms with Gasteiger partial charge in [0.05, 0.1) is 4.99 Å². The summed E-state index contributed by atoms with van der Waals surface area (Å²) in [6.45, 7) is 7.72. The molecule has 1 saturated heterocycles. The highest BCUT2D eigenvalue weighted by atomic mass is 32.1. The van der Waals surface area contributed by atoms with Crippen LogP contribution in [-0.4, -0.2) is 29.5 Å². The van der Waals surface area contributed by atoms with Crippen LogP contribution in [0.5, 0.6) is 0 Å². The number of hydrogen-bond acceptors (Lipinski definition) is 2. The lowest BCUT2D eigenvalue weighted by Gasteiger charge is -2.31. The van der Waals surface area contributed by atoms with Crippen molar-refractivity contribution in [1.29, 1.82) is 0 Å². The lowest BCUT2D eigenvalue weighted by Crippen LogP contribution is -2.42. The maximum absolute atomic E-state index is 5.73. The molecular weight excluding hydrogens is 192 g/mol. The summed E-state index contributed by atoms with van der Waals surface area (Å²) in [6.07, 6.45) is 5.41. The molecule has 2 nitrogen and oxygen atoms in total. The fourth-order valence-corrected chi connectivity index (χ4v) is 2.00. The fourth-order valence-electron chi connectivity index (χ4n) is 1.93. The first kappa shape index (κ1) is 11.9. The molecule has 0 amide bonds. The Labute approximate surface area is 92.8 Å². The molecule has 2 N–H and O–H groups in total. The number of nitrogens with zero attached hydrogens (tertiary/aromatic N) is 1. The van der Waals surface area contributed by atoms with Crippen molar-refractivity contribution >= 4 is 17.2 Å². The maximum Gasteiger partial charge on any atom is 0.0797 e. The second-order valence-corrected chi connectivity index (χ2v) is 5.38. The number of rotatable bonds is 3. The molecule has 1 aliphatic rings. The normalized spacial score (nSPS) is 20.4. The summed E-state index contributed by atoms with van der Waals surface area (Å²) in [5, 5.41) is 0. The van der Waals surface area contributed by atoms with Gasteiger partial charge in [0, 0.05) is 12.0 Å². The van der Waals surface area contributed by atoms with Crippen LogP contribution in [0.1, 0.15) is 39.5 Å². The van der Waals surface area contributed by atoms with E-state index in [9.17, 15) is 0 Å². The molecule has 0 aliphatic carbocycles. The second-order valence-electron chi connectivity index (χ2n) is 4.94. The summed E-state index contributed by atoms with van der Waals surface area (Å²) in [5.74, 6) is 0. The fraction of sp³-hybridized carbons (Fsp3) is 0.909. The molecule has 0 aromatic rings. The number of hydrogen-bond donors (Lipinski definition) is 1. The number of thiocarbonyl (C=S) groups is 1. The Kier molecular flexibility index (Phi) is 4.32. The van der Waals surface area contributed by atoms with E-state index >= 15 is 0 Å². The van der Waals surface area contributed by atoms with Gasteiger partial charge in [-0.1, -0.05) is 38.9 Å². The Hall–Kier alpha value is -0.150. The van der Waals surface area contributed by atoms with E-state index in [1.54, 1.807) is 0 Å². The predicted molar refractivity (Wildman–Crippen MR) is 65.5 cm³/mol. The highest BCUT2D eigenvalue weighted by Crippen LogP contribution is 2.20. The lowest BCUT2D eigenvalue weighted by atomic mass is 9.93. The standard InChI is InChI=1S/C11H22N2S/c1-11(2,10(12)14)9-13-7-5-3-4-6-8-13/h3-9H2,1-2H3,(H2,12,14). The van der Waals surface area contributed by atoms with Crippen molar-refractivity contribution in [2.75, 3.05) is 19.6 Å². The average Bonchev–Trinajstić information content (AvgIpc) is 2.32. The van der Waals surface area contributed by atoms with Crippen molar-refractivity contribution in [1.82, 2.24) is 4.90 Å². The molecular formula is C11H22N2S. The van der Waals surface area contributed by atoms with E-state index in [4.69, 9.17) is 18.0 Å². The molecule has 1 heterocycles. The van der Waals surface area contributed by atoms with Gasteiger partial charge in [0.15, 0.2) is 0 Å². The van der Waals surface area contributed by atoms with E-state index in [0.717, 1.165) is 6.54 Å². The van der Waals surface area contributed by atoms with Gasteiger partial charge in [-0.15, -0.1) is 0 Å². The third-order valence-electron chi connectivity index (χ3n) is 2.98. The van der Waals surface area contributed by atoms with Crippen molar-refractivity contribution < 1.29 is 0 Å².